The Morgan fingerprint density at radius 1 is 1.14 bits per heavy atom. The van der Waals surface area contributed by atoms with Crippen LogP contribution in [0, 0.1) is 11.8 Å². The van der Waals surface area contributed by atoms with Gasteiger partial charge in [-0.25, -0.2) is 0 Å². The molecule has 2 heterocycles. The number of hydrogen-bond donors (Lipinski definition) is 1. The molecule has 7 heteroatoms. The van der Waals surface area contributed by atoms with Gasteiger partial charge in [0.05, 0.1) is 5.92 Å². The summed E-state index contributed by atoms with van der Waals surface area (Å²) in [5.41, 5.74) is 0.417. The second-order valence-electron chi connectivity index (χ2n) is 8.68. The van der Waals surface area contributed by atoms with Gasteiger partial charge in [0.1, 0.15) is 0 Å². The van der Waals surface area contributed by atoms with Crippen LogP contribution >= 0.6 is 11.6 Å². The number of hydrogen-bond acceptors (Lipinski definition) is 3. The third-order valence-corrected chi connectivity index (χ3v) is 5.79. The molecule has 1 aromatic rings. The standard InChI is InChI=1S/C21H28ClN3O3/c1-21(2,3)25-13-15(11-18(25)26)20(28)24-9-7-14(8-10-24)19(27)23-17-6-4-5-16(22)12-17/h4-6,12,14-15H,7-11,13H2,1-3H3,(H,23,27). The fraction of sp³-hybridized carbons (Fsp3) is 0.571. The molecule has 0 radical (unpaired) electrons. The molecule has 0 aromatic heterocycles. The summed E-state index contributed by atoms with van der Waals surface area (Å²) in [5, 5.41) is 3.48. The van der Waals surface area contributed by atoms with E-state index >= 15 is 0 Å². The van der Waals surface area contributed by atoms with Crippen molar-refractivity contribution in [2.24, 2.45) is 11.8 Å². The Hall–Kier alpha value is -2.08. The van der Waals surface area contributed by atoms with E-state index in [1.165, 1.54) is 0 Å². The highest BCUT2D eigenvalue weighted by Gasteiger charge is 2.41. The predicted molar refractivity (Wildman–Crippen MR) is 109 cm³/mol. The van der Waals surface area contributed by atoms with Crippen molar-refractivity contribution in [3.8, 4) is 0 Å². The Morgan fingerprint density at radius 2 is 1.82 bits per heavy atom. The number of piperidine rings is 1. The van der Waals surface area contributed by atoms with E-state index in [9.17, 15) is 14.4 Å². The molecule has 2 fully saturated rings. The van der Waals surface area contributed by atoms with E-state index in [1.54, 1.807) is 29.2 Å². The highest BCUT2D eigenvalue weighted by atomic mass is 35.5. The SMILES string of the molecule is CC(C)(C)N1CC(C(=O)N2CCC(C(=O)Nc3cccc(Cl)c3)CC2)CC1=O. The lowest BCUT2D eigenvalue weighted by molar-refractivity contribution is -0.138. The maximum Gasteiger partial charge on any atom is 0.227 e. The number of anilines is 1. The fourth-order valence-electron chi connectivity index (χ4n) is 3.95. The van der Waals surface area contributed by atoms with Crippen molar-refractivity contribution in [1.29, 1.82) is 0 Å². The van der Waals surface area contributed by atoms with Gasteiger partial charge >= 0.3 is 0 Å². The summed E-state index contributed by atoms with van der Waals surface area (Å²) in [6, 6.07) is 7.08. The van der Waals surface area contributed by atoms with E-state index in [-0.39, 0.29) is 41.5 Å². The highest BCUT2D eigenvalue weighted by Crippen LogP contribution is 2.29. The largest absolute Gasteiger partial charge is 0.342 e. The van der Waals surface area contributed by atoms with Gasteiger partial charge in [-0.3, -0.25) is 14.4 Å². The molecule has 0 bridgehead atoms. The first-order chi connectivity index (χ1) is 13.1. The van der Waals surface area contributed by atoms with Crippen LogP contribution in [0.5, 0.6) is 0 Å². The topological polar surface area (TPSA) is 69.7 Å². The molecule has 152 valence electrons. The van der Waals surface area contributed by atoms with Crippen LogP contribution < -0.4 is 5.32 Å². The molecule has 3 amide bonds. The van der Waals surface area contributed by atoms with Crippen LogP contribution in [0.25, 0.3) is 0 Å². The smallest absolute Gasteiger partial charge is 0.227 e. The van der Waals surface area contributed by atoms with Crippen LogP contribution in [0.4, 0.5) is 5.69 Å². The van der Waals surface area contributed by atoms with E-state index in [1.807, 2.05) is 25.7 Å². The summed E-state index contributed by atoms with van der Waals surface area (Å²) in [5.74, 6) is -0.359. The van der Waals surface area contributed by atoms with Crippen molar-refractivity contribution in [3.05, 3.63) is 29.3 Å². The molecule has 1 unspecified atom stereocenters. The highest BCUT2D eigenvalue weighted by molar-refractivity contribution is 6.30. The summed E-state index contributed by atoms with van der Waals surface area (Å²) in [4.78, 5) is 41.2. The molecule has 6 nitrogen and oxygen atoms in total. The van der Waals surface area contributed by atoms with Gasteiger partial charge in [0.25, 0.3) is 0 Å². The zero-order valence-electron chi connectivity index (χ0n) is 16.7. The Balaban J connectivity index is 1.52. The molecule has 0 spiro atoms. The normalized spacial score (nSPS) is 21.1. The molecule has 2 saturated heterocycles. The third-order valence-electron chi connectivity index (χ3n) is 5.55. The minimum absolute atomic E-state index is 0.0359. The maximum atomic E-state index is 12.9. The second kappa shape index (κ2) is 8.11. The minimum atomic E-state index is -0.274. The zero-order valence-corrected chi connectivity index (χ0v) is 17.5. The van der Waals surface area contributed by atoms with E-state index in [0.29, 0.717) is 43.2 Å². The van der Waals surface area contributed by atoms with Crippen LogP contribution in [0.3, 0.4) is 0 Å². The summed E-state index contributed by atoms with van der Waals surface area (Å²) in [7, 11) is 0. The first-order valence-corrected chi connectivity index (χ1v) is 10.2. The van der Waals surface area contributed by atoms with Gasteiger partial charge in [-0.1, -0.05) is 17.7 Å². The van der Waals surface area contributed by atoms with Crippen molar-refractivity contribution in [2.45, 2.75) is 45.6 Å². The van der Waals surface area contributed by atoms with Gasteiger partial charge in [-0.15, -0.1) is 0 Å². The number of halogens is 1. The number of nitrogens with zero attached hydrogens (tertiary/aromatic N) is 2. The lowest BCUT2D eigenvalue weighted by Gasteiger charge is -2.34. The van der Waals surface area contributed by atoms with Crippen molar-refractivity contribution in [3.63, 3.8) is 0 Å². The average Bonchev–Trinajstić information content (AvgIpc) is 3.03. The summed E-state index contributed by atoms with van der Waals surface area (Å²) in [6.07, 6.45) is 1.54. The monoisotopic (exact) mass is 405 g/mol. The molecular formula is C21H28ClN3O3. The number of nitrogens with one attached hydrogen (secondary N) is 1. The van der Waals surface area contributed by atoms with Crippen molar-refractivity contribution < 1.29 is 14.4 Å². The van der Waals surface area contributed by atoms with E-state index in [2.05, 4.69) is 5.32 Å². The first-order valence-electron chi connectivity index (χ1n) is 9.81. The van der Waals surface area contributed by atoms with Crippen LogP contribution in [0.15, 0.2) is 24.3 Å². The minimum Gasteiger partial charge on any atom is -0.342 e. The van der Waals surface area contributed by atoms with E-state index in [4.69, 9.17) is 11.6 Å². The maximum absolute atomic E-state index is 12.9. The quantitative estimate of drug-likeness (QED) is 0.839. The summed E-state index contributed by atoms with van der Waals surface area (Å²) >= 11 is 5.96. The van der Waals surface area contributed by atoms with Crippen LogP contribution in [-0.4, -0.2) is 52.7 Å². The number of carbonyl (C=O) groups is 3. The van der Waals surface area contributed by atoms with Crippen molar-refractivity contribution in [2.75, 3.05) is 25.0 Å². The lowest BCUT2D eigenvalue weighted by Crippen LogP contribution is -2.46. The molecule has 2 aliphatic rings. The van der Waals surface area contributed by atoms with Gasteiger partial charge in [-0.2, -0.15) is 0 Å². The van der Waals surface area contributed by atoms with Crippen molar-refractivity contribution >= 4 is 35.0 Å². The number of benzene rings is 1. The predicted octanol–water partition coefficient (Wildman–Crippen LogP) is 3.16. The number of likely N-dealkylation sites (tertiary alicyclic amines) is 2. The number of amides is 3. The molecule has 28 heavy (non-hydrogen) atoms. The first kappa shape index (κ1) is 20.6. The van der Waals surface area contributed by atoms with Crippen LogP contribution in [0.1, 0.15) is 40.0 Å². The van der Waals surface area contributed by atoms with Gasteiger partial charge in [0, 0.05) is 48.2 Å². The summed E-state index contributed by atoms with van der Waals surface area (Å²) < 4.78 is 0. The van der Waals surface area contributed by atoms with Gasteiger partial charge in [-0.05, 0) is 51.8 Å². The molecule has 0 aliphatic carbocycles. The number of rotatable bonds is 3. The Morgan fingerprint density at radius 3 is 2.39 bits per heavy atom. The Kier molecular flexibility index (Phi) is 5.98. The van der Waals surface area contributed by atoms with Crippen LogP contribution in [-0.2, 0) is 14.4 Å². The van der Waals surface area contributed by atoms with Gasteiger partial charge in [0.15, 0.2) is 0 Å². The Labute approximate surface area is 171 Å². The molecule has 3 rings (SSSR count). The molecule has 1 aromatic carbocycles. The Bertz CT molecular complexity index is 766. The summed E-state index contributed by atoms with van der Waals surface area (Å²) in [6.45, 7) is 7.54. The fourth-order valence-corrected chi connectivity index (χ4v) is 4.14. The van der Waals surface area contributed by atoms with Gasteiger partial charge in [0.2, 0.25) is 17.7 Å². The van der Waals surface area contributed by atoms with Gasteiger partial charge < -0.3 is 15.1 Å². The van der Waals surface area contributed by atoms with E-state index < -0.39 is 0 Å². The van der Waals surface area contributed by atoms with Crippen LogP contribution in [0.2, 0.25) is 5.02 Å². The average molecular weight is 406 g/mol. The molecular weight excluding hydrogens is 378 g/mol. The second-order valence-corrected chi connectivity index (χ2v) is 9.11. The van der Waals surface area contributed by atoms with Crippen molar-refractivity contribution in [1.82, 2.24) is 9.80 Å². The van der Waals surface area contributed by atoms with E-state index in [0.717, 1.165) is 0 Å². The molecule has 1 N–H and O–H groups in total. The molecule has 1 atom stereocenters. The lowest BCUT2D eigenvalue weighted by atomic mass is 9.94. The third kappa shape index (κ3) is 4.66. The number of carbonyl (C=O) groups excluding carboxylic acids is 3. The zero-order chi connectivity index (χ0) is 20.5. The molecule has 2 aliphatic heterocycles. The molecule has 0 saturated carbocycles.